The highest BCUT2D eigenvalue weighted by Gasteiger charge is 2.00. The van der Waals surface area contributed by atoms with Crippen molar-refractivity contribution in [2.75, 3.05) is 11.1 Å². The first-order chi connectivity index (χ1) is 5.59. The van der Waals surface area contributed by atoms with Gasteiger partial charge in [-0.1, -0.05) is 15.9 Å². The van der Waals surface area contributed by atoms with Gasteiger partial charge in [-0.25, -0.2) is 4.79 Å². The van der Waals surface area contributed by atoms with Crippen molar-refractivity contribution < 1.29 is 4.79 Å². The number of amides is 2. The lowest BCUT2D eigenvalue weighted by Crippen LogP contribution is -2.19. The summed E-state index contributed by atoms with van der Waals surface area (Å²) in [6, 6.07) is 4.50. The molecule has 0 saturated heterocycles. The molecule has 0 aliphatic heterocycles. The van der Waals surface area contributed by atoms with E-state index in [9.17, 15) is 4.79 Å². The molecular weight excluding hydrogens is 222 g/mol. The molecule has 64 valence electrons. The first-order valence-corrected chi connectivity index (χ1v) is 4.00. The van der Waals surface area contributed by atoms with Crippen molar-refractivity contribution in [2.45, 2.75) is 0 Å². The third kappa shape index (κ3) is 2.13. The fraction of sp³-hybridized carbons (Fsp3) is 0. The number of primary amides is 1. The van der Waals surface area contributed by atoms with Gasteiger partial charge in [0.2, 0.25) is 0 Å². The summed E-state index contributed by atoms with van der Waals surface area (Å²) in [5, 5.41) is 2.39. The number of carbonyl (C=O) groups is 1. The highest BCUT2D eigenvalue weighted by molar-refractivity contribution is 9.10. The topological polar surface area (TPSA) is 81.1 Å². The number of urea groups is 1. The van der Waals surface area contributed by atoms with Crippen LogP contribution in [0.1, 0.15) is 0 Å². The van der Waals surface area contributed by atoms with Crippen LogP contribution in [0.5, 0.6) is 0 Å². The van der Waals surface area contributed by atoms with Crippen molar-refractivity contribution >= 4 is 33.3 Å². The maximum absolute atomic E-state index is 10.4. The molecule has 0 spiro atoms. The van der Waals surface area contributed by atoms with Crippen molar-refractivity contribution in [3.63, 3.8) is 0 Å². The zero-order valence-electron chi connectivity index (χ0n) is 6.17. The Bertz CT molecular complexity index is 314. The molecule has 0 bridgehead atoms. The fourth-order valence-corrected chi connectivity index (χ4v) is 1.16. The maximum Gasteiger partial charge on any atom is 0.316 e. The van der Waals surface area contributed by atoms with Gasteiger partial charge in [-0.3, -0.25) is 0 Å². The number of rotatable bonds is 1. The van der Waals surface area contributed by atoms with Crippen LogP contribution in [0.3, 0.4) is 0 Å². The summed E-state index contributed by atoms with van der Waals surface area (Å²) in [7, 11) is 0. The van der Waals surface area contributed by atoms with Gasteiger partial charge in [0.15, 0.2) is 0 Å². The van der Waals surface area contributed by atoms with Crippen molar-refractivity contribution in [2.24, 2.45) is 5.73 Å². The minimum absolute atomic E-state index is 0.475. The van der Waals surface area contributed by atoms with Crippen LogP contribution in [0.25, 0.3) is 0 Å². The van der Waals surface area contributed by atoms with Gasteiger partial charge in [-0.05, 0) is 18.2 Å². The Kier molecular flexibility index (Phi) is 2.54. The molecule has 5 heteroatoms. The van der Waals surface area contributed by atoms with E-state index < -0.39 is 6.03 Å². The summed E-state index contributed by atoms with van der Waals surface area (Å²) in [6.45, 7) is 0. The van der Waals surface area contributed by atoms with Gasteiger partial charge in [0.05, 0.1) is 11.4 Å². The van der Waals surface area contributed by atoms with Crippen LogP contribution in [0, 0.1) is 0 Å². The minimum atomic E-state index is -0.621. The number of benzene rings is 1. The summed E-state index contributed by atoms with van der Waals surface area (Å²) < 4.78 is 0.857. The third-order valence-electron chi connectivity index (χ3n) is 1.27. The van der Waals surface area contributed by atoms with Crippen molar-refractivity contribution in [1.82, 2.24) is 0 Å². The van der Waals surface area contributed by atoms with Crippen LogP contribution in [-0.2, 0) is 0 Å². The SMILES string of the molecule is NC(=O)Nc1ccc(Br)cc1N. The first kappa shape index (κ1) is 8.86. The van der Waals surface area contributed by atoms with Gasteiger partial charge >= 0.3 is 6.03 Å². The molecule has 0 fully saturated rings. The van der Waals surface area contributed by atoms with E-state index in [-0.39, 0.29) is 0 Å². The van der Waals surface area contributed by atoms with E-state index in [1.807, 2.05) is 0 Å². The molecule has 0 atom stereocenters. The zero-order valence-corrected chi connectivity index (χ0v) is 7.76. The highest BCUT2D eigenvalue weighted by Crippen LogP contribution is 2.22. The molecule has 4 nitrogen and oxygen atoms in total. The molecule has 1 aromatic rings. The Morgan fingerprint density at radius 2 is 2.17 bits per heavy atom. The second-order valence-electron chi connectivity index (χ2n) is 2.22. The molecule has 12 heavy (non-hydrogen) atoms. The molecule has 0 aliphatic rings. The van der Waals surface area contributed by atoms with E-state index in [0.29, 0.717) is 11.4 Å². The van der Waals surface area contributed by atoms with Gasteiger partial charge in [0.25, 0.3) is 0 Å². The molecule has 2 amide bonds. The van der Waals surface area contributed by atoms with Gasteiger partial charge in [-0.2, -0.15) is 0 Å². The predicted octanol–water partition coefficient (Wildman–Crippen LogP) is 1.52. The Labute approximate surface area is 78.1 Å². The Balaban J connectivity index is 2.93. The van der Waals surface area contributed by atoms with Crippen molar-refractivity contribution in [3.8, 4) is 0 Å². The number of nitrogens with two attached hydrogens (primary N) is 2. The van der Waals surface area contributed by atoms with Gasteiger partial charge in [0.1, 0.15) is 0 Å². The van der Waals surface area contributed by atoms with Crippen LogP contribution in [0.4, 0.5) is 16.2 Å². The molecule has 1 aromatic carbocycles. The molecule has 0 radical (unpaired) electrons. The predicted molar refractivity (Wildman–Crippen MR) is 51.8 cm³/mol. The number of carbonyl (C=O) groups excluding carboxylic acids is 1. The fourth-order valence-electron chi connectivity index (χ4n) is 0.780. The molecular formula is C7H8BrN3O. The van der Waals surface area contributed by atoms with E-state index in [0.717, 1.165) is 4.47 Å². The molecule has 0 unspecified atom stereocenters. The third-order valence-corrected chi connectivity index (χ3v) is 1.76. The Morgan fingerprint density at radius 3 is 2.67 bits per heavy atom. The lowest BCUT2D eigenvalue weighted by Gasteiger charge is -2.04. The number of nitrogens with one attached hydrogen (secondary N) is 1. The summed E-state index contributed by atoms with van der Waals surface area (Å²) in [6.07, 6.45) is 0. The second kappa shape index (κ2) is 3.44. The van der Waals surface area contributed by atoms with E-state index in [1.165, 1.54) is 0 Å². The number of nitrogen functional groups attached to an aromatic ring is 1. The molecule has 0 aliphatic carbocycles. The Hall–Kier alpha value is -1.23. The van der Waals surface area contributed by atoms with Crippen molar-refractivity contribution in [1.29, 1.82) is 0 Å². The van der Waals surface area contributed by atoms with E-state index in [4.69, 9.17) is 11.5 Å². The van der Waals surface area contributed by atoms with Crippen LogP contribution in [0.15, 0.2) is 22.7 Å². The van der Waals surface area contributed by atoms with Gasteiger partial charge < -0.3 is 16.8 Å². The van der Waals surface area contributed by atoms with E-state index >= 15 is 0 Å². The second-order valence-corrected chi connectivity index (χ2v) is 3.14. The zero-order chi connectivity index (χ0) is 9.14. The lowest BCUT2D eigenvalue weighted by atomic mass is 10.3. The minimum Gasteiger partial charge on any atom is -0.397 e. The van der Waals surface area contributed by atoms with Crippen LogP contribution in [0.2, 0.25) is 0 Å². The summed E-state index contributed by atoms with van der Waals surface area (Å²) in [4.78, 5) is 10.4. The number of hydrogen-bond donors (Lipinski definition) is 3. The molecule has 0 saturated carbocycles. The average Bonchev–Trinajstić information content (AvgIpc) is 1.94. The van der Waals surface area contributed by atoms with Crippen molar-refractivity contribution in [3.05, 3.63) is 22.7 Å². The lowest BCUT2D eigenvalue weighted by molar-refractivity contribution is 0.259. The smallest absolute Gasteiger partial charge is 0.316 e. The molecule has 0 heterocycles. The summed E-state index contributed by atoms with van der Waals surface area (Å²) in [5.41, 5.74) is 11.5. The quantitative estimate of drug-likeness (QED) is 0.639. The summed E-state index contributed by atoms with van der Waals surface area (Å²) in [5.74, 6) is 0. The monoisotopic (exact) mass is 229 g/mol. The van der Waals surface area contributed by atoms with Crippen LogP contribution >= 0.6 is 15.9 Å². The molecule has 0 aromatic heterocycles. The van der Waals surface area contributed by atoms with Gasteiger partial charge in [-0.15, -0.1) is 0 Å². The van der Waals surface area contributed by atoms with E-state index in [2.05, 4.69) is 21.2 Å². The first-order valence-electron chi connectivity index (χ1n) is 3.21. The Morgan fingerprint density at radius 1 is 1.50 bits per heavy atom. The molecule has 1 rings (SSSR count). The molecule has 5 N–H and O–H groups in total. The van der Waals surface area contributed by atoms with Gasteiger partial charge in [0, 0.05) is 4.47 Å². The standard InChI is InChI=1S/C7H8BrN3O/c8-4-1-2-6(5(9)3-4)11-7(10)12/h1-3H,9H2,(H3,10,11,12). The van der Waals surface area contributed by atoms with Crippen LogP contribution < -0.4 is 16.8 Å². The number of anilines is 2. The number of hydrogen-bond acceptors (Lipinski definition) is 2. The maximum atomic E-state index is 10.4. The average molecular weight is 230 g/mol. The van der Waals surface area contributed by atoms with E-state index in [1.54, 1.807) is 18.2 Å². The largest absolute Gasteiger partial charge is 0.397 e. The van der Waals surface area contributed by atoms with Crippen LogP contribution in [-0.4, -0.2) is 6.03 Å². The normalized spacial score (nSPS) is 9.42. The highest BCUT2D eigenvalue weighted by atomic mass is 79.9. The number of halogens is 1. The summed E-state index contributed by atoms with van der Waals surface area (Å²) >= 11 is 3.24.